The molecule has 1 aromatic carbocycles. The van der Waals surface area contributed by atoms with Crippen molar-refractivity contribution in [1.29, 1.82) is 0 Å². The number of aliphatic hydroxyl groups excluding tert-OH is 1. The van der Waals surface area contributed by atoms with E-state index in [1.54, 1.807) is 0 Å². The predicted octanol–water partition coefficient (Wildman–Crippen LogP) is 0.725. The summed E-state index contributed by atoms with van der Waals surface area (Å²) in [6, 6.07) is 10.0. The summed E-state index contributed by atoms with van der Waals surface area (Å²) in [5.41, 5.74) is 1.09. The first-order valence-electron chi connectivity index (χ1n) is 6.01. The molecule has 1 aliphatic heterocycles. The van der Waals surface area contributed by atoms with Crippen LogP contribution in [0.3, 0.4) is 0 Å². The Bertz CT molecular complexity index is 312. The Kier molecular flexibility index (Phi) is 4.94. The van der Waals surface area contributed by atoms with Crippen LogP contribution in [0.2, 0.25) is 0 Å². The third kappa shape index (κ3) is 3.51. The number of ether oxygens (including phenoxy) is 2. The summed E-state index contributed by atoms with van der Waals surface area (Å²) in [5.74, 6) is 0. The van der Waals surface area contributed by atoms with Gasteiger partial charge in [0.1, 0.15) is 12.2 Å². The van der Waals surface area contributed by atoms with Crippen LogP contribution in [0.1, 0.15) is 11.7 Å². The zero-order chi connectivity index (χ0) is 11.9. The van der Waals surface area contributed by atoms with E-state index in [9.17, 15) is 0 Å². The molecule has 2 N–H and O–H groups in total. The van der Waals surface area contributed by atoms with Gasteiger partial charge >= 0.3 is 0 Å². The topological polar surface area (TPSA) is 50.7 Å². The maximum absolute atomic E-state index is 8.88. The van der Waals surface area contributed by atoms with Gasteiger partial charge in [0.05, 0.1) is 19.8 Å². The van der Waals surface area contributed by atoms with Crippen molar-refractivity contribution >= 4 is 0 Å². The molecule has 0 radical (unpaired) electrons. The van der Waals surface area contributed by atoms with Gasteiger partial charge in [0.15, 0.2) is 0 Å². The number of benzene rings is 1. The van der Waals surface area contributed by atoms with E-state index < -0.39 is 0 Å². The molecule has 1 heterocycles. The summed E-state index contributed by atoms with van der Waals surface area (Å²) in [5, 5.41) is 12.2. The van der Waals surface area contributed by atoms with Gasteiger partial charge in [-0.3, -0.25) is 0 Å². The number of hydrogen-bond donors (Lipinski definition) is 2. The smallest absolute Gasteiger partial charge is 0.110 e. The molecule has 1 aromatic rings. The third-order valence-electron chi connectivity index (χ3n) is 2.81. The van der Waals surface area contributed by atoms with Crippen LogP contribution in [0.15, 0.2) is 30.3 Å². The zero-order valence-corrected chi connectivity index (χ0v) is 9.84. The summed E-state index contributed by atoms with van der Waals surface area (Å²) < 4.78 is 11.4. The summed E-state index contributed by atoms with van der Waals surface area (Å²) >= 11 is 0. The second kappa shape index (κ2) is 6.71. The predicted molar refractivity (Wildman–Crippen MR) is 64.8 cm³/mol. The van der Waals surface area contributed by atoms with Crippen molar-refractivity contribution in [2.24, 2.45) is 0 Å². The first kappa shape index (κ1) is 12.5. The van der Waals surface area contributed by atoms with Gasteiger partial charge in [-0.15, -0.1) is 0 Å². The van der Waals surface area contributed by atoms with Gasteiger partial charge in [-0.1, -0.05) is 30.3 Å². The lowest BCUT2D eigenvalue weighted by atomic mass is 10.0. The molecule has 1 fully saturated rings. The fourth-order valence-electron chi connectivity index (χ4n) is 2.02. The lowest BCUT2D eigenvalue weighted by molar-refractivity contribution is -0.0917. The second-order valence-electron chi connectivity index (χ2n) is 4.04. The maximum atomic E-state index is 8.88. The van der Waals surface area contributed by atoms with E-state index in [-0.39, 0.29) is 18.8 Å². The number of rotatable bonds is 5. The average molecular weight is 237 g/mol. The molecule has 0 saturated carbocycles. The van der Waals surface area contributed by atoms with Crippen LogP contribution in [0.4, 0.5) is 0 Å². The first-order valence-corrected chi connectivity index (χ1v) is 6.01. The largest absolute Gasteiger partial charge is 0.394 e. The summed E-state index contributed by atoms with van der Waals surface area (Å²) in [7, 11) is 0. The van der Waals surface area contributed by atoms with E-state index in [0.29, 0.717) is 13.2 Å². The molecule has 0 spiro atoms. The van der Waals surface area contributed by atoms with E-state index in [1.807, 2.05) is 30.3 Å². The van der Waals surface area contributed by atoms with Gasteiger partial charge in [-0.2, -0.15) is 0 Å². The molecule has 4 heteroatoms. The Labute approximate surface area is 102 Å². The highest BCUT2D eigenvalue weighted by atomic mass is 16.5. The molecule has 2 rings (SSSR count). The molecule has 1 saturated heterocycles. The molecule has 94 valence electrons. The van der Waals surface area contributed by atoms with Crippen molar-refractivity contribution in [1.82, 2.24) is 5.32 Å². The van der Waals surface area contributed by atoms with E-state index in [0.717, 1.165) is 18.7 Å². The lowest BCUT2D eigenvalue weighted by Crippen LogP contribution is -2.42. The quantitative estimate of drug-likeness (QED) is 0.792. The van der Waals surface area contributed by atoms with Gasteiger partial charge in [0, 0.05) is 13.1 Å². The van der Waals surface area contributed by atoms with Crippen LogP contribution < -0.4 is 5.32 Å². The summed E-state index contributed by atoms with van der Waals surface area (Å²) in [4.78, 5) is 0. The van der Waals surface area contributed by atoms with Crippen LogP contribution in [0.5, 0.6) is 0 Å². The molecule has 0 bridgehead atoms. The fraction of sp³-hybridized carbons (Fsp3) is 0.538. The Morgan fingerprint density at radius 1 is 1.41 bits per heavy atom. The molecular formula is C13H19NO3. The van der Waals surface area contributed by atoms with Crippen molar-refractivity contribution in [3.8, 4) is 0 Å². The maximum Gasteiger partial charge on any atom is 0.110 e. The lowest BCUT2D eigenvalue weighted by Gasteiger charge is -2.31. The van der Waals surface area contributed by atoms with Crippen LogP contribution >= 0.6 is 0 Å². The van der Waals surface area contributed by atoms with E-state index >= 15 is 0 Å². The minimum Gasteiger partial charge on any atom is -0.394 e. The molecule has 17 heavy (non-hydrogen) atoms. The van der Waals surface area contributed by atoms with Crippen molar-refractivity contribution in [3.63, 3.8) is 0 Å². The van der Waals surface area contributed by atoms with E-state index in [2.05, 4.69) is 5.32 Å². The standard InChI is InChI=1S/C13H19NO3/c15-7-9-17-13(11-4-2-1-3-5-11)12-10-14-6-8-16-12/h1-5,12-15H,6-10H2. The minimum atomic E-state index is -0.115. The fourth-order valence-corrected chi connectivity index (χ4v) is 2.02. The van der Waals surface area contributed by atoms with Crippen molar-refractivity contribution < 1.29 is 14.6 Å². The number of morpholine rings is 1. The molecular weight excluding hydrogens is 218 g/mol. The second-order valence-corrected chi connectivity index (χ2v) is 4.04. The Morgan fingerprint density at radius 2 is 2.24 bits per heavy atom. The highest BCUT2D eigenvalue weighted by Crippen LogP contribution is 2.24. The molecule has 1 aliphatic rings. The summed E-state index contributed by atoms with van der Waals surface area (Å²) in [6.07, 6.45) is -0.103. The van der Waals surface area contributed by atoms with Gasteiger partial charge in [0.25, 0.3) is 0 Å². The molecule has 2 atom stereocenters. The average Bonchev–Trinajstić information content (AvgIpc) is 2.42. The minimum absolute atomic E-state index is 0.0118. The Morgan fingerprint density at radius 3 is 2.88 bits per heavy atom. The van der Waals surface area contributed by atoms with Crippen LogP contribution in [-0.4, -0.2) is 44.1 Å². The molecule has 0 aliphatic carbocycles. The molecule has 4 nitrogen and oxygen atoms in total. The van der Waals surface area contributed by atoms with Crippen LogP contribution in [0.25, 0.3) is 0 Å². The van der Waals surface area contributed by atoms with E-state index in [1.165, 1.54) is 0 Å². The Hall–Kier alpha value is -0.940. The third-order valence-corrected chi connectivity index (χ3v) is 2.81. The molecule has 0 aromatic heterocycles. The van der Waals surface area contributed by atoms with E-state index in [4.69, 9.17) is 14.6 Å². The van der Waals surface area contributed by atoms with Gasteiger partial charge in [-0.25, -0.2) is 0 Å². The van der Waals surface area contributed by atoms with Crippen LogP contribution in [-0.2, 0) is 9.47 Å². The van der Waals surface area contributed by atoms with Crippen molar-refractivity contribution in [2.45, 2.75) is 12.2 Å². The highest BCUT2D eigenvalue weighted by molar-refractivity contribution is 5.19. The molecule has 2 unspecified atom stereocenters. The highest BCUT2D eigenvalue weighted by Gasteiger charge is 2.26. The van der Waals surface area contributed by atoms with Gasteiger partial charge in [-0.05, 0) is 5.56 Å². The summed E-state index contributed by atoms with van der Waals surface area (Å²) in [6.45, 7) is 2.74. The monoisotopic (exact) mass is 237 g/mol. The van der Waals surface area contributed by atoms with Crippen molar-refractivity contribution in [2.75, 3.05) is 32.9 Å². The number of hydrogen-bond acceptors (Lipinski definition) is 4. The SMILES string of the molecule is OCCOC(c1ccccc1)C1CNCCO1. The first-order chi connectivity index (χ1) is 8.42. The normalized spacial score (nSPS) is 22.3. The number of aliphatic hydroxyl groups is 1. The number of nitrogens with one attached hydrogen (secondary N) is 1. The molecule has 0 amide bonds. The van der Waals surface area contributed by atoms with Gasteiger partial charge < -0.3 is 19.9 Å². The van der Waals surface area contributed by atoms with Crippen LogP contribution in [0, 0.1) is 0 Å². The Balaban J connectivity index is 2.06. The van der Waals surface area contributed by atoms with Gasteiger partial charge in [0.2, 0.25) is 0 Å². The zero-order valence-electron chi connectivity index (χ0n) is 9.84. The van der Waals surface area contributed by atoms with Crippen molar-refractivity contribution in [3.05, 3.63) is 35.9 Å².